The third-order valence-electron chi connectivity index (χ3n) is 4.10. The molecule has 3 nitrogen and oxygen atoms in total. The number of aliphatic hydroxyl groups is 1. The van der Waals surface area contributed by atoms with E-state index < -0.39 is 0 Å². The predicted molar refractivity (Wildman–Crippen MR) is 77.3 cm³/mol. The summed E-state index contributed by atoms with van der Waals surface area (Å²) >= 11 is 0. The first kappa shape index (κ1) is 14.1. The number of benzene rings is 1. The maximum absolute atomic E-state index is 12.5. The standard InChI is InChI=1S/C16H23NO2/c1-11-4-5-12(2)15(10-11)17(3)16(19)13-6-8-14(18)9-7-13/h4-5,10,13-14,18H,6-9H2,1-3H3. The number of aliphatic hydroxyl groups excluding tert-OH is 1. The van der Waals surface area contributed by atoms with Gasteiger partial charge in [-0.1, -0.05) is 12.1 Å². The van der Waals surface area contributed by atoms with Crippen LogP contribution in [-0.2, 0) is 4.79 Å². The molecule has 1 N–H and O–H groups in total. The molecular formula is C16H23NO2. The van der Waals surface area contributed by atoms with Gasteiger partial charge in [0.05, 0.1) is 6.10 Å². The number of amides is 1. The van der Waals surface area contributed by atoms with E-state index >= 15 is 0 Å². The van der Waals surface area contributed by atoms with Gasteiger partial charge in [0, 0.05) is 18.7 Å². The molecule has 1 saturated carbocycles. The Labute approximate surface area is 115 Å². The molecule has 104 valence electrons. The lowest BCUT2D eigenvalue weighted by atomic mass is 9.86. The maximum Gasteiger partial charge on any atom is 0.229 e. The molecule has 0 saturated heterocycles. The average molecular weight is 261 g/mol. The van der Waals surface area contributed by atoms with Gasteiger partial charge in [0.15, 0.2) is 0 Å². The fourth-order valence-corrected chi connectivity index (χ4v) is 2.80. The van der Waals surface area contributed by atoms with Crippen LogP contribution in [0.3, 0.4) is 0 Å². The number of hydrogen-bond donors (Lipinski definition) is 1. The van der Waals surface area contributed by atoms with Gasteiger partial charge >= 0.3 is 0 Å². The lowest BCUT2D eigenvalue weighted by Crippen LogP contribution is -2.36. The van der Waals surface area contributed by atoms with Crippen molar-refractivity contribution in [3.63, 3.8) is 0 Å². The summed E-state index contributed by atoms with van der Waals surface area (Å²) in [6.45, 7) is 4.07. The number of carbonyl (C=O) groups is 1. The van der Waals surface area contributed by atoms with Crippen molar-refractivity contribution in [3.8, 4) is 0 Å². The highest BCUT2D eigenvalue weighted by Gasteiger charge is 2.28. The molecule has 0 atom stereocenters. The van der Waals surface area contributed by atoms with Gasteiger partial charge in [-0.3, -0.25) is 4.79 Å². The number of rotatable bonds is 2. The molecular weight excluding hydrogens is 238 g/mol. The quantitative estimate of drug-likeness (QED) is 0.889. The van der Waals surface area contributed by atoms with Gasteiger partial charge < -0.3 is 10.0 Å². The molecule has 2 rings (SSSR count). The van der Waals surface area contributed by atoms with Gasteiger partial charge in [-0.2, -0.15) is 0 Å². The van der Waals surface area contributed by atoms with Crippen LogP contribution >= 0.6 is 0 Å². The van der Waals surface area contributed by atoms with E-state index in [0.29, 0.717) is 0 Å². The van der Waals surface area contributed by atoms with E-state index in [2.05, 4.69) is 18.2 Å². The fourth-order valence-electron chi connectivity index (χ4n) is 2.80. The first-order chi connectivity index (χ1) is 8.99. The van der Waals surface area contributed by atoms with Crippen LogP contribution < -0.4 is 4.90 Å². The summed E-state index contributed by atoms with van der Waals surface area (Å²) < 4.78 is 0. The zero-order valence-corrected chi connectivity index (χ0v) is 12.0. The molecule has 1 amide bonds. The Balaban J connectivity index is 2.12. The van der Waals surface area contributed by atoms with Crippen LogP contribution in [0.4, 0.5) is 5.69 Å². The Bertz CT molecular complexity index is 462. The number of anilines is 1. The summed E-state index contributed by atoms with van der Waals surface area (Å²) in [6.07, 6.45) is 2.88. The third kappa shape index (κ3) is 3.16. The molecule has 0 bridgehead atoms. The summed E-state index contributed by atoms with van der Waals surface area (Å²) in [5, 5.41) is 9.52. The van der Waals surface area contributed by atoms with Crippen LogP contribution in [0.2, 0.25) is 0 Å². The highest BCUT2D eigenvalue weighted by atomic mass is 16.3. The van der Waals surface area contributed by atoms with Crippen molar-refractivity contribution in [1.82, 2.24) is 0 Å². The summed E-state index contributed by atoms with van der Waals surface area (Å²) in [7, 11) is 1.86. The molecule has 19 heavy (non-hydrogen) atoms. The van der Waals surface area contributed by atoms with Crippen LogP contribution in [0.25, 0.3) is 0 Å². The molecule has 1 aliphatic carbocycles. The highest BCUT2D eigenvalue weighted by molar-refractivity contribution is 5.95. The zero-order valence-electron chi connectivity index (χ0n) is 12.0. The van der Waals surface area contributed by atoms with E-state index in [9.17, 15) is 9.90 Å². The monoisotopic (exact) mass is 261 g/mol. The second-order valence-corrected chi connectivity index (χ2v) is 5.69. The van der Waals surface area contributed by atoms with Crippen LogP contribution in [0.1, 0.15) is 36.8 Å². The van der Waals surface area contributed by atoms with E-state index in [1.807, 2.05) is 20.9 Å². The molecule has 0 unspecified atom stereocenters. The second kappa shape index (κ2) is 5.74. The third-order valence-corrected chi connectivity index (χ3v) is 4.10. The van der Waals surface area contributed by atoms with Gasteiger partial charge in [-0.15, -0.1) is 0 Å². The molecule has 1 aromatic carbocycles. The number of carbonyl (C=O) groups excluding carboxylic acids is 1. The highest BCUT2D eigenvalue weighted by Crippen LogP contribution is 2.28. The Hall–Kier alpha value is -1.35. The zero-order chi connectivity index (χ0) is 14.0. The van der Waals surface area contributed by atoms with Gasteiger partial charge in [0.1, 0.15) is 0 Å². The first-order valence-corrected chi connectivity index (χ1v) is 7.02. The Morgan fingerprint density at radius 1 is 1.21 bits per heavy atom. The van der Waals surface area contributed by atoms with Gasteiger partial charge in [-0.05, 0) is 56.7 Å². The topological polar surface area (TPSA) is 40.5 Å². The molecule has 1 aromatic rings. The van der Waals surface area contributed by atoms with Gasteiger partial charge in [0.25, 0.3) is 0 Å². The van der Waals surface area contributed by atoms with E-state index in [4.69, 9.17) is 0 Å². The minimum absolute atomic E-state index is 0.0633. The number of hydrogen-bond acceptors (Lipinski definition) is 2. The fraction of sp³-hybridized carbons (Fsp3) is 0.562. The molecule has 0 aliphatic heterocycles. The predicted octanol–water partition coefficient (Wildman–Crippen LogP) is 2.82. The Morgan fingerprint density at radius 3 is 2.47 bits per heavy atom. The van der Waals surface area contributed by atoms with Crippen molar-refractivity contribution >= 4 is 11.6 Å². The van der Waals surface area contributed by atoms with E-state index in [1.54, 1.807) is 4.90 Å². The lowest BCUT2D eigenvalue weighted by molar-refractivity contribution is -0.123. The van der Waals surface area contributed by atoms with Crippen molar-refractivity contribution in [2.45, 2.75) is 45.6 Å². The van der Waals surface area contributed by atoms with Crippen LogP contribution in [0.15, 0.2) is 18.2 Å². The average Bonchev–Trinajstić information content (AvgIpc) is 2.41. The van der Waals surface area contributed by atoms with Crippen molar-refractivity contribution in [3.05, 3.63) is 29.3 Å². The largest absolute Gasteiger partial charge is 0.393 e. The smallest absolute Gasteiger partial charge is 0.229 e. The minimum atomic E-state index is -0.213. The summed E-state index contributed by atoms with van der Waals surface area (Å²) in [4.78, 5) is 14.3. The lowest BCUT2D eigenvalue weighted by Gasteiger charge is -2.29. The molecule has 0 heterocycles. The van der Waals surface area contributed by atoms with Gasteiger partial charge in [0.2, 0.25) is 5.91 Å². The van der Waals surface area contributed by atoms with Crippen LogP contribution in [0.5, 0.6) is 0 Å². The second-order valence-electron chi connectivity index (χ2n) is 5.69. The molecule has 3 heteroatoms. The SMILES string of the molecule is Cc1ccc(C)c(N(C)C(=O)C2CCC(O)CC2)c1. The van der Waals surface area contributed by atoms with Crippen LogP contribution in [-0.4, -0.2) is 24.2 Å². The maximum atomic E-state index is 12.5. The normalized spacial score (nSPS) is 23.2. The molecule has 0 radical (unpaired) electrons. The summed E-state index contributed by atoms with van der Waals surface area (Å²) in [6, 6.07) is 6.18. The summed E-state index contributed by atoms with van der Waals surface area (Å²) in [5.74, 6) is 0.244. The van der Waals surface area contributed by atoms with Crippen LogP contribution in [0, 0.1) is 19.8 Å². The van der Waals surface area contributed by atoms with Crippen molar-refractivity contribution in [2.24, 2.45) is 5.92 Å². The minimum Gasteiger partial charge on any atom is -0.393 e. The molecule has 1 fully saturated rings. The summed E-state index contributed by atoms with van der Waals surface area (Å²) in [5.41, 5.74) is 3.28. The Kier molecular flexibility index (Phi) is 4.25. The number of aryl methyl sites for hydroxylation is 2. The van der Waals surface area contributed by atoms with E-state index in [0.717, 1.165) is 36.9 Å². The van der Waals surface area contributed by atoms with Gasteiger partial charge in [-0.25, -0.2) is 0 Å². The Morgan fingerprint density at radius 2 is 1.84 bits per heavy atom. The molecule has 0 spiro atoms. The van der Waals surface area contributed by atoms with E-state index in [-0.39, 0.29) is 17.9 Å². The number of nitrogens with zero attached hydrogens (tertiary/aromatic N) is 1. The first-order valence-electron chi connectivity index (χ1n) is 7.02. The molecule has 0 aromatic heterocycles. The van der Waals surface area contributed by atoms with Crippen molar-refractivity contribution < 1.29 is 9.90 Å². The van der Waals surface area contributed by atoms with Crippen molar-refractivity contribution in [2.75, 3.05) is 11.9 Å². The molecule has 1 aliphatic rings. The van der Waals surface area contributed by atoms with E-state index in [1.165, 1.54) is 5.56 Å². The van der Waals surface area contributed by atoms with Crippen molar-refractivity contribution in [1.29, 1.82) is 0 Å².